The van der Waals surface area contributed by atoms with E-state index in [-0.39, 0.29) is 19.2 Å². The van der Waals surface area contributed by atoms with E-state index < -0.39 is 5.97 Å². The summed E-state index contributed by atoms with van der Waals surface area (Å²) in [6.45, 7) is 2.33. The van der Waals surface area contributed by atoms with Gasteiger partial charge in [0.25, 0.3) is 0 Å². The molecule has 0 unspecified atom stereocenters. The van der Waals surface area contributed by atoms with E-state index in [1.807, 2.05) is 6.07 Å². The number of carbonyl (C=O) groups excluding carboxylic acids is 2. The lowest BCUT2D eigenvalue weighted by molar-refractivity contribution is -0.144. The van der Waals surface area contributed by atoms with Gasteiger partial charge in [-0.05, 0) is 18.6 Å². The Morgan fingerprint density at radius 1 is 0.950 bits per heavy atom. The molecule has 110 valence electrons. The maximum absolute atomic E-state index is 11.6. The average Bonchev–Trinajstić information content (AvgIpc) is 2.49. The van der Waals surface area contributed by atoms with E-state index in [4.69, 9.17) is 9.47 Å². The minimum absolute atomic E-state index is 0.0917. The summed E-state index contributed by atoms with van der Waals surface area (Å²) < 4.78 is 10.00. The van der Waals surface area contributed by atoms with Crippen molar-refractivity contribution in [2.75, 3.05) is 13.2 Å². The van der Waals surface area contributed by atoms with Gasteiger partial charge in [-0.2, -0.15) is 0 Å². The van der Waals surface area contributed by atoms with Crippen LogP contribution in [0.25, 0.3) is 0 Å². The van der Waals surface area contributed by atoms with Crippen LogP contribution in [-0.2, 0) is 14.3 Å². The van der Waals surface area contributed by atoms with Gasteiger partial charge in [-0.1, -0.05) is 44.4 Å². The minimum atomic E-state index is -0.399. The molecular formula is C16H22O4. The Morgan fingerprint density at radius 3 is 2.35 bits per heavy atom. The van der Waals surface area contributed by atoms with Gasteiger partial charge in [-0.15, -0.1) is 0 Å². The molecule has 0 heterocycles. The molecule has 1 rings (SSSR count). The van der Waals surface area contributed by atoms with Crippen LogP contribution in [0.1, 0.15) is 49.4 Å². The van der Waals surface area contributed by atoms with Crippen molar-refractivity contribution in [3.63, 3.8) is 0 Å². The van der Waals surface area contributed by atoms with Gasteiger partial charge >= 0.3 is 11.9 Å². The summed E-state index contributed by atoms with van der Waals surface area (Å²) in [5.74, 6) is -0.624. The third kappa shape index (κ3) is 6.92. The first-order valence-electron chi connectivity index (χ1n) is 7.12. The van der Waals surface area contributed by atoms with Crippen LogP contribution in [0.3, 0.4) is 0 Å². The van der Waals surface area contributed by atoms with Crippen molar-refractivity contribution in [1.29, 1.82) is 0 Å². The first-order valence-corrected chi connectivity index (χ1v) is 7.12. The SMILES string of the molecule is CCCCCCC(=O)OCCOC(=O)c1ccccc1. The highest BCUT2D eigenvalue weighted by atomic mass is 16.6. The van der Waals surface area contributed by atoms with E-state index in [2.05, 4.69) is 6.92 Å². The molecule has 0 fully saturated rings. The van der Waals surface area contributed by atoms with Gasteiger partial charge < -0.3 is 9.47 Å². The van der Waals surface area contributed by atoms with Crippen molar-refractivity contribution in [3.8, 4) is 0 Å². The summed E-state index contributed by atoms with van der Waals surface area (Å²) in [7, 11) is 0. The van der Waals surface area contributed by atoms with Crippen LogP contribution in [0, 0.1) is 0 Å². The molecule has 0 amide bonds. The number of esters is 2. The van der Waals surface area contributed by atoms with Gasteiger partial charge in [0.1, 0.15) is 13.2 Å². The van der Waals surface area contributed by atoms with Crippen molar-refractivity contribution >= 4 is 11.9 Å². The van der Waals surface area contributed by atoms with E-state index >= 15 is 0 Å². The molecule has 0 saturated carbocycles. The molecule has 20 heavy (non-hydrogen) atoms. The number of carbonyl (C=O) groups is 2. The number of ether oxygens (including phenoxy) is 2. The lowest BCUT2D eigenvalue weighted by Crippen LogP contribution is -2.13. The molecule has 4 heteroatoms. The van der Waals surface area contributed by atoms with E-state index in [9.17, 15) is 9.59 Å². The summed E-state index contributed by atoms with van der Waals surface area (Å²) in [5, 5.41) is 0. The van der Waals surface area contributed by atoms with Gasteiger partial charge in [0, 0.05) is 6.42 Å². The first kappa shape index (κ1) is 16.2. The van der Waals surface area contributed by atoms with Crippen LogP contribution in [0.15, 0.2) is 30.3 Å². The van der Waals surface area contributed by atoms with Gasteiger partial charge in [-0.3, -0.25) is 4.79 Å². The number of unbranched alkanes of at least 4 members (excludes halogenated alkanes) is 3. The quantitative estimate of drug-likeness (QED) is 0.513. The predicted molar refractivity (Wildman–Crippen MR) is 76.4 cm³/mol. The van der Waals surface area contributed by atoms with E-state index in [0.29, 0.717) is 12.0 Å². The topological polar surface area (TPSA) is 52.6 Å². The molecule has 1 aromatic rings. The monoisotopic (exact) mass is 278 g/mol. The fraction of sp³-hybridized carbons (Fsp3) is 0.500. The Labute approximate surface area is 120 Å². The fourth-order valence-electron chi connectivity index (χ4n) is 1.72. The molecular weight excluding hydrogens is 256 g/mol. The molecule has 0 radical (unpaired) electrons. The number of hydrogen-bond acceptors (Lipinski definition) is 4. The molecule has 0 N–H and O–H groups in total. The maximum atomic E-state index is 11.6. The van der Waals surface area contributed by atoms with Crippen molar-refractivity contribution in [1.82, 2.24) is 0 Å². The Kier molecular flexibility index (Phi) is 8.11. The lowest BCUT2D eigenvalue weighted by atomic mass is 10.2. The van der Waals surface area contributed by atoms with Gasteiger partial charge in [0.15, 0.2) is 0 Å². The fourth-order valence-corrected chi connectivity index (χ4v) is 1.72. The lowest BCUT2D eigenvalue weighted by Gasteiger charge is -2.06. The molecule has 0 bridgehead atoms. The highest BCUT2D eigenvalue weighted by Gasteiger charge is 2.07. The summed E-state index contributed by atoms with van der Waals surface area (Å²) in [5.41, 5.74) is 0.499. The second-order valence-electron chi connectivity index (χ2n) is 4.53. The van der Waals surface area contributed by atoms with Crippen molar-refractivity contribution in [2.45, 2.75) is 39.0 Å². The van der Waals surface area contributed by atoms with Crippen molar-refractivity contribution in [3.05, 3.63) is 35.9 Å². The van der Waals surface area contributed by atoms with Crippen LogP contribution in [0.5, 0.6) is 0 Å². The molecule has 0 aromatic heterocycles. The molecule has 4 nitrogen and oxygen atoms in total. The van der Waals surface area contributed by atoms with Crippen LogP contribution in [-0.4, -0.2) is 25.2 Å². The summed E-state index contributed by atoms with van der Waals surface area (Å²) >= 11 is 0. The van der Waals surface area contributed by atoms with Crippen LogP contribution < -0.4 is 0 Å². The van der Waals surface area contributed by atoms with E-state index in [1.165, 1.54) is 0 Å². The largest absolute Gasteiger partial charge is 0.462 e. The van der Waals surface area contributed by atoms with Crippen LogP contribution in [0.2, 0.25) is 0 Å². The molecule has 0 aliphatic carbocycles. The van der Waals surface area contributed by atoms with Gasteiger partial charge in [0.2, 0.25) is 0 Å². The predicted octanol–water partition coefficient (Wildman–Crippen LogP) is 3.36. The summed E-state index contributed by atoms with van der Waals surface area (Å²) in [4.78, 5) is 22.9. The van der Waals surface area contributed by atoms with Gasteiger partial charge in [-0.25, -0.2) is 4.79 Å². The zero-order chi connectivity index (χ0) is 14.6. The molecule has 0 saturated heterocycles. The molecule has 0 aliphatic rings. The summed E-state index contributed by atoms with van der Waals surface area (Å²) in [6, 6.07) is 8.74. The van der Waals surface area contributed by atoms with Crippen LogP contribution in [0.4, 0.5) is 0 Å². The Hall–Kier alpha value is -1.84. The zero-order valence-corrected chi connectivity index (χ0v) is 12.0. The zero-order valence-electron chi connectivity index (χ0n) is 12.0. The second kappa shape index (κ2) is 10.0. The Bertz CT molecular complexity index is 400. The normalized spacial score (nSPS) is 10.1. The van der Waals surface area contributed by atoms with E-state index in [1.54, 1.807) is 24.3 Å². The highest BCUT2D eigenvalue weighted by molar-refractivity contribution is 5.89. The number of benzene rings is 1. The molecule has 1 aromatic carbocycles. The first-order chi connectivity index (χ1) is 9.74. The minimum Gasteiger partial charge on any atom is -0.462 e. The third-order valence-corrected chi connectivity index (χ3v) is 2.82. The smallest absolute Gasteiger partial charge is 0.338 e. The molecule has 0 spiro atoms. The highest BCUT2D eigenvalue weighted by Crippen LogP contribution is 2.04. The van der Waals surface area contributed by atoms with Crippen LogP contribution >= 0.6 is 0 Å². The Balaban J connectivity index is 2.07. The second-order valence-corrected chi connectivity index (χ2v) is 4.53. The van der Waals surface area contributed by atoms with Crippen molar-refractivity contribution < 1.29 is 19.1 Å². The summed E-state index contributed by atoms with van der Waals surface area (Å²) in [6.07, 6.45) is 4.63. The standard InChI is InChI=1S/C16H22O4/c1-2-3-4-8-11-15(17)19-12-13-20-16(18)14-9-6-5-7-10-14/h5-7,9-10H,2-4,8,11-13H2,1H3. The maximum Gasteiger partial charge on any atom is 0.338 e. The molecule has 0 atom stereocenters. The average molecular weight is 278 g/mol. The Morgan fingerprint density at radius 2 is 1.65 bits per heavy atom. The van der Waals surface area contributed by atoms with Crippen molar-refractivity contribution in [2.24, 2.45) is 0 Å². The number of hydrogen-bond donors (Lipinski definition) is 0. The van der Waals surface area contributed by atoms with E-state index in [0.717, 1.165) is 25.7 Å². The molecule has 0 aliphatic heterocycles. The number of rotatable bonds is 9. The van der Waals surface area contributed by atoms with Gasteiger partial charge in [0.05, 0.1) is 5.56 Å². The third-order valence-electron chi connectivity index (χ3n) is 2.82.